The fourth-order valence-corrected chi connectivity index (χ4v) is 2.21. The second-order valence-corrected chi connectivity index (χ2v) is 6.59. The van der Waals surface area contributed by atoms with Crippen molar-refractivity contribution in [3.05, 3.63) is 40.3 Å². The van der Waals surface area contributed by atoms with E-state index in [1.54, 1.807) is 24.3 Å². The number of hydrogen-bond acceptors (Lipinski definition) is 5. The highest BCUT2D eigenvalue weighted by atomic mass is 16.5. The van der Waals surface area contributed by atoms with Crippen LogP contribution in [0.3, 0.4) is 0 Å². The van der Waals surface area contributed by atoms with Gasteiger partial charge in [0.25, 0.3) is 11.5 Å². The average Bonchev–Trinajstić information content (AvgIpc) is 2.48. The highest BCUT2D eigenvalue weighted by Gasteiger charge is 2.23. The van der Waals surface area contributed by atoms with Gasteiger partial charge in [-0.3, -0.25) is 14.4 Å². The first-order chi connectivity index (χ1) is 11.2. The van der Waals surface area contributed by atoms with E-state index in [4.69, 9.17) is 4.74 Å². The van der Waals surface area contributed by atoms with Gasteiger partial charge in [-0.1, -0.05) is 18.2 Å². The molecule has 0 aliphatic carbocycles. The number of nitrogens with zero attached hydrogens (tertiary/aromatic N) is 1. The van der Waals surface area contributed by atoms with E-state index in [1.165, 1.54) is 6.92 Å². The maximum atomic E-state index is 12.1. The smallest absolute Gasteiger partial charge is 0.312 e. The Balaban J connectivity index is 2.09. The number of rotatable bonds is 4. The molecule has 0 spiro atoms. The van der Waals surface area contributed by atoms with Crippen molar-refractivity contribution in [1.29, 1.82) is 0 Å². The van der Waals surface area contributed by atoms with Crippen LogP contribution >= 0.6 is 0 Å². The minimum absolute atomic E-state index is 0.134. The Morgan fingerprint density at radius 1 is 1.25 bits per heavy atom. The topological polar surface area (TPSA) is 101 Å². The van der Waals surface area contributed by atoms with Gasteiger partial charge in [0.05, 0.1) is 17.5 Å². The van der Waals surface area contributed by atoms with Crippen molar-refractivity contribution in [1.82, 2.24) is 15.5 Å². The lowest BCUT2D eigenvalue weighted by Gasteiger charge is -2.23. The van der Waals surface area contributed by atoms with E-state index in [0.29, 0.717) is 16.5 Å². The summed E-state index contributed by atoms with van der Waals surface area (Å²) in [5, 5.41) is 10.1. The van der Waals surface area contributed by atoms with Crippen LogP contribution in [0.5, 0.6) is 0 Å². The molecular weight excluding hydrogens is 310 g/mol. The highest BCUT2D eigenvalue weighted by molar-refractivity contribution is 5.88. The van der Waals surface area contributed by atoms with Gasteiger partial charge in [0.15, 0.2) is 6.10 Å². The van der Waals surface area contributed by atoms with Gasteiger partial charge in [0.1, 0.15) is 0 Å². The van der Waals surface area contributed by atoms with Crippen LogP contribution in [-0.2, 0) is 20.7 Å². The van der Waals surface area contributed by atoms with Crippen LogP contribution in [0, 0.1) is 0 Å². The van der Waals surface area contributed by atoms with Crippen LogP contribution in [0.1, 0.15) is 33.4 Å². The molecule has 128 valence electrons. The Morgan fingerprint density at radius 3 is 2.50 bits per heavy atom. The van der Waals surface area contributed by atoms with E-state index in [9.17, 15) is 14.4 Å². The van der Waals surface area contributed by atoms with Crippen molar-refractivity contribution in [3.63, 3.8) is 0 Å². The predicted octanol–water partition coefficient (Wildman–Crippen LogP) is 1.31. The molecule has 1 aromatic carbocycles. The maximum absolute atomic E-state index is 12.1. The SMILES string of the molecule is C[C@H](OC(=O)Cc1n[nH]c(=O)c2ccccc12)C(=O)NC(C)(C)C. The molecule has 0 fully saturated rings. The third-order valence-electron chi connectivity index (χ3n) is 3.26. The first kappa shape index (κ1) is 17.7. The predicted molar refractivity (Wildman–Crippen MR) is 89.5 cm³/mol. The lowest BCUT2D eigenvalue weighted by Crippen LogP contribution is -2.46. The molecule has 2 N–H and O–H groups in total. The first-order valence-corrected chi connectivity index (χ1v) is 7.65. The summed E-state index contributed by atoms with van der Waals surface area (Å²) in [6.07, 6.45) is -1.05. The summed E-state index contributed by atoms with van der Waals surface area (Å²) in [6, 6.07) is 6.87. The van der Waals surface area contributed by atoms with Crippen LogP contribution < -0.4 is 10.9 Å². The Hall–Kier alpha value is -2.70. The van der Waals surface area contributed by atoms with Crippen LogP contribution in [-0.4, -0.2) is 33.7 Å². The second-order valence-electron chi connectivity index (χ2n) is 6.59. The number of aromatic nitrogens is 2. The molecule has 0 unspecified atom stereocenters. The quantitative estimate of drug-likeness (QED) is 0.823. The molecule has 0 radical (unpaired) electrons. The minimum Gasteiger partial charge on any atom is -0.452 e. The number of hydrogen-bond donors (Lipinski definition) is 2. The van der Waals surface area contributed by atoms with Crippen molar-refractivity contribution in [3.8, 4) is 0 Å². The molecule has 1 heterocycles. The Morgan fingerprint density at radius 2 is 1.88 bits per heavy atom. The fourth-order valence-electron chi connectivity index (χ4n) is 2.21. The second kappa shape index (κ2) is 6.82. The molecule has 0 bridgehead atoms. The van der Waals surface area contributed by atoms with Crippen LogP contribution in [0.4, 0.5) is 0 Å². The molecule has 0 saturated heterocycles. The molecule has 7 heteroatoms. The van der Waals surface area contributed by atoms with Gasteiger partial charge in [-0.05, 0) is 33.8 Å². The van der Waals surface area contributed by atoms with Gasteiger partial charge in [0.2, 0.25) is 0 Å². The number of fused-ring (bicyclic) bond motifs is 1. The summed E-state index contributed by atoms with van der Waals surface area (Å²) in [6.45, 7) is 7.04. The van der Waals surface area contributed by atoms with E-state index >= 15 is 0 Å². The zero-order chi connectivity index (χ0) is 17.9. The van der Waals surface area contributed by atoms with Crippen molar-refractivity contribution >= 4 is 22.6 Å². The van der Waals surface area contributed by atoms with Gasteiger partial charge < -0.3 is 10.1 Å². The normalized spacial score (nSPS) is 12.7. The Labute approximate surface area is 139 Å². The number of amides is 1. The third kappa shape index (κ3) is 4.41. The summed E-state index contributed by atoms with van der Waals surface area (Å²) < 4.78 is 5.16. The van der Waals surface area contributed by atoms with Crippen molar-refractivity contribution < 1.29 is 14.3 Å². The number of nitrogens with one attached hydrogen (secondary N) is 2. The van der Waals surface area contributed by atoms with Crippen LogP contribution in [0.2, 0.25) is 0 Å². The average molecular weight is 331 g/mol. The van der Waals surface area contributed by atoms with Gasteiger partial charge in [-0.2, -0.15) is 5.10 Å². The first-order valence-electron chi connectivity index (χ1n) is 7.65. The fraction of sp³-hybridized carbons (Fsp3) is 0.412. The Kier molecular flexibility index (Phi) is 5.02. The molecule has 1 amide bonds. The number of ether oxygens (including phenoxy) is 1. The van der Waals surface area contributed by atoms with Gasteiger partial charge >= 0.3 is 5.97 Å². The molecule has 7 nitrogen and oxygen atoms in total. The molecule has 2 aromatic rings. The monoisotopic (exact) mass is 331 g/mol. The number of H-pyrrole nitrogens is 1. The lowest BCUT2D eigenvalue weighted by atomic mass is 10.1. The van der Waals surface area contributed by atoms with Gasteiger partial charge in [0, 0.05) is 10.9 Å². The van der Waals surface area contributed by atoms with Crippen molar-refractivity contribution in [2.24, 2.45) is 0 Å². The molecule has 24 heavy (non-hydrogen) atoms. The number of carbonyl (C=O) groups excluding carboxylic acids is 2. The van der Waals surface area contributed by atoms with Crippen molar-refractivity contribution in [2.75, 3.05) is 0 Å². The summed E-state index contributed by atoms with van der Waals surface area (Å²) in [7, 11) is 0. The van der Waals surface area contributed by atoms with Crippen LogP contribution in [0.25, 0.3) is 10.8 Å². The van der Waals surface area contributed by atoms with Crippen LogP contribution in [0.15, 0.2) is 29.1 Å². The molecule has 0 aliphatic rings. The number of esters is 1. The summed E-state index contributed by atoms with van der Waals surface area (Å²) in [4.78, 5) is 35.8. The molecular formula is C17H21N3O4. The van der Waals surface area contributed by atoms with Gasteiger partial charge in [-0.15, -0.1) is 0 Å². The number of benzene rings is 1. The summed E-state index contributed by atoms with van der Waals surface area (Å²) in [5.41, 5.74) is -0.326. The zero-order valence-electron chi connectivity index (χ0n) is 14.2. The van der Waals surface area contributed by atoms with E-state index in [-0.39, 0.29) is 17.9 Å². The number of aromatic amines is 1. The zero-order valence-corrected chi connectivity index (χ0v) is 14.2. The van der Waals surface area contributed by atoms with E-state index in [2.05, 4.69) is 15.5 Å². The maximum Gasteiger partial charge on any atom is 0.312 e. The largest absolute Gasteiger partial charge is 0.452 e. The van der Waals surface area contributed by atoms with Gasteiger partial charge in [-0.25, -0.2) is 5.10 Å². The number of carbonyl (C=O) groups is 2. The van der Waals surface area contributed by atoms with E-state index in [0.717, 1.165) is 0 Å². The summed E-state index contributed by atoms with van der Waals surface area (Å²) in [5.74, 6) is -0.952. The molecule has 1 atom stereocenters. The van der Waals surface area contributed by atoms with Crippen molar-refractivity contribution in [2.45, 2.75) is 45.8 Å². The Bertz CT molecular complexity index is 820. The standard InChI is InChI=1S/C17H21N3O4/c1-10(15(22)18-17(2,3)4)24-14(21)9-13-11-7-5-6-8-12(11)16(23)20-19-13/h5-8,10H,9H2,1-4H3,(H,18,22)(H,20,23)/t10-/m0/s1. The molecule has 2 rings (SSSR count). The van der Waals surface area contributed by atoms with E-state index in [1.807, 2.05) is 20.8 Å². The molecule has 0 aliphatic heterocycles. The minimum atomic E-state index is -0.911. The molecule has 0 saturated carbocycles. The third-order valence-corrected chi connectivity index (χ3v) is 3.26. The molecule has 1 aromatic heterocycles. The summed E-state index contributed by atoms with van der Waals surface area (Å²) >= 11 is 0. The highest BCUT2D eigenvalue weighted by Crippen LogP contribution is 2.13. The lowest BCUT2D eigenvalue weighted by molar-refractivity contribution is -0.154. The van der Waals surface area contributed by atoms with E-state index < -0.39 is 17.6 Å².